The van der Waals surface area contributed by atoms with E-state index in [9.17, 15) is 13.2 Å². The van der Waals surface area contributed by atoms with E-state index < -0.39 is 10.0 Å². The molecular weight excluding hydrogens is 324 g/mol. The Morgan fingerprint density at radius 2 is 1.75 bits per heavy atom. The fraction of sp³-hybridized carbons (Fsp3) is 0.278. The highest BCUT2D eigenvalue weighted by Crippen LogP contribution is 2.25. The summed E-state index contributed by atoms with van der Waals surface area (Å²) in [4.78, 5) is 13.6. The van der Waals surface area contributed by atoms with Crippen molar-refractivity contribution in [1.29, 1.82) is 0 Å². The summed E-state index contributed by atoms with van der Waals surface area (Å²) in [5, 5.41) is 0. The van der Waals surface area contributed by atoms with Gasteiger partial charge in [-0.25, -0.2) is 8.42 Å². The van der Waals surface area contributed by atoms with E-state index in [0.717, 1.165) is 23.2 Å². The van der Waals surface area contributed by atoms with Crippen molar-refractivity contribution < 1.29 is 13.2 Å². The van der Waals surface area contributed by atoms with E-state index in [-0.39, 0.29) is 10.8 Å². The van der Waals surface area contributed by atoms with Gasteiger partial charge in [-0.1, -0.05) is 17.7 Å². The van der Waals surface area contributed by atoms with Crippen LogP contribution in [0.4, 0.5) is 11.4 Å². The van der Waals surface area contributed by atoms with Gasteiger partial charge < -0.3 is 4.90 Å². The van der Waals surface area contributed by atoms with E-state index in [1.807, 2.05) is 26.0 Å². The molecular formula is C18H20N2O3S. The molecule has 24 heavy (non-hydrogen) atoms. The molecule has 0 bridgehead atoms. The van der Waals surface area contributed by atoms with Crippen LogP contribution in [-0.2, 0) is 14.8 Å². The molecule has 0 aliphatic carbocycles. The molecule has 1 amide bonds. The van der Waals surface area contributed by atoms with Crippen LogP contribution in [0.3, 0.4) is 0 Å². The van der Waals surface area contributed by atoms with Crippen molar-refractivity contribution >= 4 is 27.3 Å². The molecule has 0 radical (unpaired) electrons. The smallest absolute Gasteiger partial charge is 0.261 e. The number of anilines is 2. The van der Waals surface area contributed by atoms with Crippen LogP contribution in [0, 0.1) is 13.8 Å². The molecule has 1 heterocycles. The average Bonchev–Trinajstić information content (AvgIpc) is 2.96. The van der Waals surface area contributed by atoms with Gasteiger partial charge in [0, 0.05) is 18.7 Å². The Balaban J connectivity index is 1.83. The molecule has 2 aromatic rings. The number of carbonyl (C=O) groups excluding carboxylic acids is 1. The largest absolute Gasteiger partial charge is 0.312 e. The molecule has 1 aliphatic heterocycles. The zero-order chi connectivity index (χ0) is 17.3. The standard InChI is InChI=1S/C18H20N2O3S/c1-13-5-10-17(14(2)12-13)19-24(22,23)16-8-6-15(7-9-16)20-11-3-4-18(20)21/h5-10,12,19H,3-4,11H2,1-2H3. The Morgan fingerprint density at radius 3 is 2.33 bits per heavy atom. The third-order valence-corrected chi connectivity index (χ3v) is 5.54. The molecule has 1 N–H and O–H groups in total. The SMILES string of the molecule is Cc1ccc(NS(=O)(=O)c2ccc(N3CCCC3=O)cc2)c(C)c1. The molecule has 126 valence electrons. The lowest BCUT2D eigenvalue weighted by Crippen LogP contribution is -2.23. The Morgan fingerprint density at radius 1 is 1.04 bits per heavy atom. The molecule has 0 aromatic heterocycles. The lowest BCUT2D eigenvalue weighted by atomic mass is 10.1. The number of rotatable bonds is 4. The van der Waals surface area contributed by atoms with Crippen molar-refractivity contribution in [3.05, 3.63) is 53.6 Å². The molecule has 0 atom stereocenters. The van der Waals surface area contributed by atoms with Gasteiger partial charge >= 0.3 is 0 Å². The molecule has 6 heteroatoms. The number of nitrogens with one attached hydrogen (secondary N) is 1. The van der Waals surface area contributed by atoms with Crippen molar-refractivity contribution in [2.75, 3.05) is 16.2 Å². The van der Waals surface area contributed by atoms with Crippen LogP contribution < -0.4 is 9.62 Å². The number of nitrogens with zero attached hydrogens (tertiary/aromatic N) is 1. The summed E-state index contributed by atoms with van der Waals surface area (Å²) < 4.78 is 27.7. The first-order valence-corrected chi connectivity index (χ1v) is 9.36. The van der Waals surface area contributed by atoms with E-state index >= 15 is 0 Å². The van der Waals surface area contributed by atoms with Crippen molar-refractivity contribution in [1.82, 2.24) is 0 Å². The number of carbonyl (C=O) groups is 1. The molecule has 1 aliphatic rings. The number of aryl methyl sites for hydroxylation is 2. The van der Waals surface area contributed by atoms with Crippen LogP contribution >= 0.6 is 0 Å². The predicted octanol–water partition coefficient (Wildman–Crippen LogP) is 3.23. The number of benzene rings is 2. The highest BCUT2D eigenvalue weighted by molar-refractivity contribution is 7.92. The maximum absolute atomic E-state index is 12.5. The monoisotopic (exact) mass is 344 g/mol. The average molecular weight is 344 g/mol. The van der Waals surface area contributed by atoms with E-state index in [2.05, 4.69) is 4.72 Å². The van der Waals surface area contributed by atoms with Crippen molar-refractivity contribution in [2.24, 2.45) is 0 Å². The predicted molar refractivity (Wildman–Crippen MR) is 94.8 cm³/mol. The fourth-order valence-corrected chi connectivity index (χ4v) is 3.99. The first kappa shape index (κ1) is 16.5. The van der Waals surface area contributed by atoms with Crippen LogP contribution in [0.2, 0.25) is 0 Å². The third-order valence-electron chi connectivity index (χ3n) is 4.16. The summed E-state index contributed by atoms with van der Waals surface area (Å²) in [6, 6.07) is 12.0. The van der Waals surface area contributed by atoms with Crippen LogP contribution in [0.5, 0.6) is 0 Å². The van der Waals surface area contributed by atoms with Gasteiger partial charge in [-0.05, 0) is 56.2 Å². The van der Waals surface area contributed by atoms with Crippen LogP contribution in [0.15, 0.2) is 47.4 Å². The van der Waals surface area contributed by atoms with Crippen molar-refractivity contribution in [3.8, 4) is 0 Å². The normalized spacial score (nSPS) is 14.9. The second-order valence-corrected chi connectivity index (χ2v) is 7.75. The summed E-state index contributed by atoms with van der Waals surface area (Å²) in [5.41, 5.74) is 3.26. The number of hydrogen-bond acceptors (Lipinski definition) is 3. The van der Waals surface area contributed by atoms with Crippen LogP contribution in [-0.4, -0.2) is 20.9 Å². The molecule has 1 saturated heterocycles. The van der Waals surface area contributed by atoms with Gasteiger partial charge in [0.05, 0.1) is 10.6 Å². The summed E-state index contributed by atoms with van der Waals surface area (Å²) in [6.07, 6.45) is 1.39. The first-order valence-electron chi connectivity index (χ1n) is 7.87. The molecule has 5 nitrogen and oxygen atoms in total. The van der Waals surface area contributed by atoms with E-state index in [1.165, 1.54) is 12.1 Å². The van der Waals surface area contributed by atoms with E-state index in [4.69, 9.17) is 0 Å². The van der Waals surface area contributed by atoms with Crippen molar-refractivity contribution in [2.45, 2.75) is 31.6 Å². The summed E-state index contributed by atoms with van der Waals surface area (Å²) in [7, 11) is -3.66. The lowest BCUT2D eigenvalue weighted by Gasteiger charge is -2.16. The zero-order valence-electron chi connectivity index (χ0n) is 13.7. The number of amides is 1. The second-order valence-electron chi connectivity index (χ2n) is 6.07. The highest BCUT2D eigenvalue weighted by atomic mass is 32.2. The molecule has 1 fully saturated rings. The molecule has 0 saturated carbocycles. The zero-order valence-corrected chi connectivity index (χ0v) is 14.6. The van der Waals surface area contributed by atoms with Gasteiger partial charge in [0.25, 0.3) is 10.0 Å². The van der Waals surface area contributed by atoms with Gasteiger partial charge in [-0.2, -0.15) is 0 Å². The number of sulfonamides is 1. The van der Waals surface area contributed by atoms with Gasteiger partial charge in [-0.15, -0.1) is 0 Å². The molecule has 0 spiro atoms. The van der Waals surface area contributed by atoms with Crippen LogP contribution in [0.25, 0.3) is 0 Å². The second kappa shape index (κ2) is 6.28. The van der Waals surface area contributed by atoms with Gasteiger partial charge in [-0.3, -0.25) is 9.52 Å². The van der Waals surface area contributed by atoms with Crippen molar-refractivity contribution in [3.63, 3.8) is 0 Å². The maximum Gasteiger partial charge on any atom is 0.261 e. The maximum atomic E-state index is 12.5. The quantitative estimate of drug-likeness (QED) is 0.926. The van der Waals surface area contributed by atoms with Crippen LogP contribution in [0.1, 0.15) is 24.0 Å². The summed E-state index contributed by atoms with van der Waals surface area (Å²) >= 11 is 0. The molecule has 2 aromatic carbocycles. The minimum Gasteiger partial charge on any atom is -0.312 e. The topological polar surface area (TPSA) is 66.5 Å². The minimum atomic E-state index is -3.66. The first-order chi connectivity index (χ1) is 11.4. The van der Waals surface area contributed by atoms with Gasteiger partial charge in [0.15, 0.2) is 0 Å². The Hall–Kier alpha value is -2.34. The molecule has 0 unspecified atom stereocenters. The Bertz CT molecular complexity index is 874. The minimum absolute atomic E-state index is 0.0824. The van der Waals surface area contributed by atoms with Gasteiger partial charge in [0.2, 0.25) is 5.91 Å². The van der Waals surface area contributed by atoms with E-state index in [0.29, 0.717) is 18.7 Å². The van der Waals surface area contributed by atoms with E-state index in [1.54, 1.807) is 23.1 Å². The lowest BCUT2D eigenvalue weighted by molar-refractivity contribution is -0.117. The number of hydrogen-bond donors (Lipinski definition) is 1. The third kappa shape index (κ3) is 3.28. The Labute approximate surface area is 142 Å². The molecule has 3 rings (SSSR count). The highest BCUT2D eigenvalue weighted by Gasteiger charge is 2.22. The fourth-order valence-electron chi connectivity index (χ4n) is 2.86. The Kier molecular flexibility index (Phi) is 4.32. The summed E-state index contributed by atoms with van der Waals surface area (Å²) in [5.74, 6) is 0.0824. The van der Waals surface area contributed by atoms with Gasteiger partial charge in [0.1, 0.15) is 0 Å². The summed E-state index contributed by atoms with van der Waals surface area (Å²) in [6.45, 7) is 4.52.